The normalized spacial score (nSPS) is 11.3. The van der Waals surface area contributed by atoms with E-state index < -0.39 is 0 Å². The highest BCUT2D eigenvalue weighted by molar-refractivity contribution is 5.69. The molecule has 0 aromatic heterocycles. The monoisotopic (exact) mass is 747 g/mol. The van der Waals surface area contributed by atoms with E-state index in [1.807, 2.05) is 0 Å². The van der Waals surface area contributed by atoms with Gasteiger partial charge in [-0.05, 0) is 12.8 Å². The van der Waals surface area contributed by atoms with E-state index in [0.29, 0.717) is 92.1 Å². The Hall–Kier alpha value is -1.30. The van der Waals surface area contributed by atoms with Crippen molar-refractivity contribution in [3.05, 3.63) is 0 Å². The first-order valence-electron chi connectivity index (χ1n) is 21.5. The third-order valence-electron chi connectivity index (χ3n) is 8.81. The summed E-state index contributed by atoms with van der Waals surface area (Å²) in [7, 11) is 0. The van der Waals surface area contributed by atoms with Crippen LogP contribution in [0.3, 0.4) is 0 Å². The number of esters is 2. The molecule has 0 saturated heterocycles. The van der Waals surface area contributed by atoms with Gasteiger partial charge in [0.15, 0.2) is 0 Å². The number of hydrogen-bond donors (Lipinski definition) is 0. The molecule has 10 nitrogen and oxygen atoms in total. The van der Waals surface area contributed by atoms with Crippen molar-refractivity contribution < 1.29 is 47.5 Å². The van der Waals surface area contributed by atoms with Crippen molar-refractivity contribution in [3.63, 3.8) is 0 Å². The fourth-order valence-electron chi connectivity index (χ4n) is 5.64. The van der Waals surface area contributed by atoms with Gasteiger partial charge in [-0.1, -0.05) is 142 Å². The van der Waals surface area contributed by atoms with Crippen molar-refractivity contribution in [2.45, 2.75) is 168 Å². The van der Waals surface area contributed by atoms with Crippen LogP contribution in [0.5, 0.6) is 0 Å². The van der Waals surface area contributed by atoms with Crippen LogP contribution in [-0.4, -0.2) is 104 Å². The van der Waals surface area contributed by atoms with E-state index in [-0.39, 0.29) is 25.2 Å². The second-order valence-corrected chi connectivity index (χ2v) is 13.7. The van der Waals surface area contributed by atoms with Crippen molar-refractivity contribution in [1.29, 1.82) is 0 Å². The van der Waals surface area contributed by atoms with Crippen LogP contribution in [0.15, 0.2) is 0 Å². The van der Waals surface area contributed by atoms with E-state index in [9.17, 15) is 9.59 Å². The molecule has 0 amide bonds. The van der Waals surface area contributed by atoms with Gasteiger partial charge >= 0.3 is 11.9 Å². The molecular weight excluding hydrogens is 664 g/mol. The Morgan fingerprint density at radius 3 is 0.692 bits per heavy atom. The number of unbranched alkanes of at least 4 members (excludes halogenated alkanes) is 20. The highest BCUT2D eigenvalue weighted by Gasteiger charge is 2.04. The molecule has 0 aliphatic heterocycles. The number of hydrogen-bond acceptors (Lipinski definition) is 10. The fraction of sp³-hybridized carbons (Fsp3) is 0.952. The van der Waals surface area contributed by atoms with Gasteiger partial charge in [0.25, 0.3) is 0 Å². The van der Waals surface area contributed by atoms with Gasteiger partial charge in [-0.3, -0.25) is 9.59 Å². The number of ether oxygens (including phenoxy) is 8. The van der Waals surface area contributed by atoms with E-state index in [1.165, 1.54) is 116 Å². The third-order valence-corrected chi connectivity index (χ3v) is 8.81. The molecule has 0 saturated carbocycles. The summed E-state index contributed by atoms with van der Waals surface area (Å²) in [6.07, 6.45) is 29.0. The average Bonchev–Trinajstić information content (AvgIpc) is 3.14. The Kier molecular flexibility index (Phi) is 44.7. The number of rotatable bonds is 45. The molecule has 0 aromatic carbocycles. The smallest absolute Gasteiger partial charge is 0.305 e. The molecule has 0 fully saturated rings. The van der Waals surface area contributed by atoms with Crippen LogP contribution in [0, 0.1) is 0 Å². The van der Waals surface area contributed by atoms with E-state index in [2.05, 4.69) is 13.8 Å². The first kappa shape index (κ1) is 50.7. The Morgan fingerprint density at radius 2 is 0.462 bits per heavy atom. The van der Waals surface area contributed by atoms with Crippen LogP contribution in [0.1, 0.15) is 168 Å². The summed E-state index contributed by atoms with van der Waals surface area (Å²) in [4.78, 5) is 23.6. The molecule has 10 heteroatoms. The van der Waals surface area contributed by atoms with Crippen LogP contribution in [0.25, 0.3) is 0 Å². The maximum atomic E-state index is 11.9. The molecule has 0 rings (SSSR count). The van der Waals surface area contributed by atoms with Gasteiger partial charge in [0.1, 0.15) is 13.2 Å². The predicted molar refractivity (Wildman–Crippen MR) is 209 cm³/mol. The Morgan fingerprint density at radius 1 is 0.269 bits per heavy atom. The van der Waals surface area contributed by atoms with Crippen molar-refractivity contribution >= 4 is 11.9 Å². The molecule has 0 aliphatic carbocycles. The van der Waals surface area contributed by atoms with E-state index in [1.54, 1.807) is 0 Å². The topological polar surface area (TPSA) is 108 Å². The maximum absolute atomic E-state index is 11.9. The van der Waals surface area contributed by atoms with Crippen LogP contribution in [0.4, 0.5) is 0 Å². The minimum Gasteiger partial charge on any atom is -0.463 e. The van der Waals surface area contributed by atoms with Gasteiger partial charge < -0.3 is 37.9 Å². The van der Waals surface area contributed by atoms with Crippen molar-refractivity contribution in [3.8, 4) is 0 Å². The van der Waals surface area contributed by atoms with Crippen molar-refractivity contribution in [2.75, 3.05) is 92.5 Å². The van der Waals surface area contributed by atoms with Crippen LogP contribution in [0.2, 0.25) is 0 Å². The fourth-order valence-corrected chi connectivity index (χ4v) is 5.64. The molecule has 0 heterocycles. The molecule has 52 heavy (non-hydrogen) atoms. The largest absolute Gasteiger partial charge is 0.463 e. The molecular formula is C42H82O10. The zero-order valence-electron chi connectivity index (χ0n) is 34.0. The van der Waals surface area contributed by atoms with Gasteiger partial charge in [0, 0.05) is 12.8 Å². The first-order chi connectivity index (χ1) is 25.7. The molecule has 0 unspecified atom stereocenters. The van der Waals surface area contributed by atoms with Gasteiger partial charge in [0.2, 0.25) is 0 Å². The minimum atomic E-state index is -0.139. The first-order valence-corrected chi connectivity index (χ1v) is 21.5. The lowest BCUT2D eigenvalue weighted by atomic mass is 10.0. The average molecular weight is 747 g/mol. The van der Waals surface area contributed by atoms with Gasteiger partial charge in [-0.2, -0.15) is 0 Å². The van der Waals surface area contributed by atoms with Crippen molar-refractivity contribution in [2.24, 2.45) is 0 Å². The molecule has 0 bridgehead atoms. The predicted octanol–water partition coefficient (Wildman–Crippen LogP) is 9.57. The SMILES string of the molecule is CCCCCCCCCCCCCCCCCC(=O)OCCOCCOCCOCCOCCOCCOCCOC(=O)CCCCCCCCC. The van der Waals surface area contributed by atoms with E-state index in [4.69, 9.17) is 37.9 Å². The zero-order valence-corrected chi connectivity index (χ0v) is 34.0. The maximum Gasteiger partial charge on any atom is 0.305 e. The summed E-state index contributed by atoms with van der Waals surface area (Å²) in [6, 6.07) is 0. The highest BCUT2D eigenvalue weighted by Crippen LogP contribution is 2.14. The van der Waals surface area contributed by atoms with Crippen LogP contribution >= 0.6 is 0 Å². The minimum absolute atomic E-state index is 0.130. The summed E-state index contributed by atoms with van der Waals surface area (Å²) in [5.41, 5.74) is 0. The Labute approximate surface area is 319 Å². The number of carbonyl (C=O) groups excluding carboxylic acids is 2. The van der Waals surface area contributed by atoms with E-state index in [0.717, 1.165) is 25.7 Å². The third kappa shape index (κ3) is 44.9. The van der Waals surface area contributed by atoms with E-state index >= 15 is 0 Å². The summed E-state index contributed by atoms with van der Waals surface area (Å²) in [5.74, 6) is -0.270. The van der Waals surface area contributed by atoms with Gasteiger partial charge in [0.05, 0.1) is 79.3 Å². The molecule has 0 spiro atoms. The Bertz CT molecular complexity index is 708. The highest BCUT2D eigenvalue weighted by atomic mass is 16.6. The zero-order chi connectivity index (χ0) is 37.7. The second-order valence-electron chi connectivity index (χ2n) is 13.7. The lowest BCUT2D eigenvalue weighted by Gasteiger charge is -2.09. The van der Waals surface area contributed by atoms with Crippen LogP contribution in [-0.2, 0) is 47.5 Å². The molecule has 0 N–H and O–H groups in total. The summed E-state index contributed by atoms with van der Waals surface area (Å²) in [6.45, 7) is 10.6. The molecule has 0 atom stereocenters. The summed E-state index contributed by atoms with van der Waals surface area (Å²) < 4.78 is 43.3. The van der Waals surface area contributed by atoms with Crippen molar-refractivity contribution in [1.82, 2.24) is 0 Å². The van der Waals surface area contributed by atoms with Gasteiger partial charge in [-0.25, -0.2) is 0 Å². The summed E-state index contributed by atoms with van der Waals surface area (Å²) in [5, 5.41) is 0. The number of carbonyl (C=O) groups is 2. The molecule has 0 radical (unpaired) electrons. The Balaban J connectivity index is 3.18. The lowest BCUT2D eigenvalue weighted by molar-refractivity contribution is -0.146. The quantitative estimate of drug-likeness (QED) is 0.0442. The van der Waals surface area contributed by atoms with Crippen LogP contribution < -0.4 is 0 Å². The standard InChI is InChI=1S/C42H82O10/c1-3-5-7-9-11-12-13-14-15-16-17-18-20-22-24-26-42(44)52-40-38-50-36-34-48-32-30-46-28-27-45-29-31-47-33-35-49-37-39-51-41(43)25-23-21-19-10-8-6-4-2/h3-40H2,1-2H3. The van der Waals surface area contributed by atoms with Gasteiger partial charge in [-0.15, -0.1) is 0 Å². The second kappa shape index (κ2) is 45.9. The lowest BCUT2D eigenvalue weighted by Crippen LogP contribution is -2.15. The summed E-state index contributed by atoms with van der Waals surface area (Å²) >= 11 is 0. The molecule has 310 valence electrons. The molecule has 0 aromatic rings. The molecule has 0 aliphatic rings.